The number of rotatable bonds is 4. The molecule has 150 valence electrons. The number of piperidine rings is 1. The Hall–Kier alpha value is -2.34. The first-order valence-electron chi connectivity index (χ1n) is 10.1. The summed E-state index contributed by atoms with van der Waals surface area (Å²) in [5.74, 6) is 0.487. The third kappa shape index (κ3) is 3.53. The topological polar surface area (TPSA) is 71.8 Å². The molecule has 0 spiro atoms. The van der Waals surface area contributed by atoms with Crippen molar-refractivity contribution in [3.05, 3.63) is 39.2 Å². The minimum atomic E-state index is -0.335. The monoisotopic (exact) mass is 384 g/mol. The second kappa shape index (κ2) is 7.59. The molecule has 0 unspecified atom stereocenters. The van der Waals surface area contributed by atoms with Crippen molar-refractivity contribution >= 4 is 16.9 Å². The van der Waals surface area contributed by atoms with E-state index in [2.05, 4.69) is 10.2 Å². The van der Waals surface area contributed by atoms with E-state index in [1.165, 1.54) is 6.42 Å². The molecule has 0 bridgehead atoms. The van der Waals surface area contributed by atoms with Crippen LogP contribution in [0.4, 0.5) is 0 Å². The molecule has 2 saturated heterocycles. The predicted octanol–water partition coefficient (Wildman–Crippen LogP) is 2.84. The lowest BCUT2D eigenvalue weighted by molar-refractivity contribution is -0.124. The van der Waals surface area contributed by atoms with Crippen molar-refractivity contribution in [3.8, 4) is 5.75 Å². The maximum atomic E-state index is 12.6. The van der Waals surface area contributed by atoms with Crippen molar-refractivity contribution in [2.45, 2.75) is 58.5 Å². The van der Waals surface area contributed by atoms with Crippen LogP contribution in [-0.4, -0.2) is 42.6 Å². The van der Waals surface area contributed by atoms with Crippen LogP contribution in [0.1, 0.15) is 42.4 Å². The quantitative estimate of drug-likeness (QED) is 0.821. The van der Waals surface area contributed by atoms with Crippen LogP contribution < -0.4 is 15.7 Å². The minimum Gasteiger partial charge on any atom is -0.483 e. The van der Waals surface area contributed by atoms with E-state index in [9.17, 15) is 9.59 Å². The van der Waals surface area contributed by atoms with Gasteiger partial charge in [0.1, 0.15) is 11.3 Å². The number of nitrogens with zero attached hydrogens (tertiary/aromatic N) is 1. The summed E-state index contributed by atoms with van der Waals surface area (Å²) in [4.78, 5) is 27.0. The van der Waals surface area contributed by atoms with E-state index in [0.29, 0.717) is 22.9 Å². The lowest BCUT2D eigenvalue weighted by atomic mass is 9.96. The van der Waals surface area contributed by atoms with Crippen molar-refractivity contribution < 1.29 is 13.9 Å². The van der Waals surface area contributed by atoms with Crippen LogP contribution >= 0.6 is 0 Å². The number of carbonyl (C=O) groups excluding carboxylic acids is 1. The fraction of sp³-hybridized carbons (Fsp3) is 0.545. The summed E-state index contributed by atoms with van der Waals surface area (Å²) >= 11 is 0. The first-order chi connectivity index (χ1) is 13.4. The molecule has 2 aromatic rings. The molecule has 6 heteroatoms. The van der Waals surface area contributed by atoms with Gasteiger partial charge in [0, 0.05) is 17.6 Å². The Morgan fingerprint density at radius 2 is 1.93 bits per heavy atom. The average Bonchev–Trinajstić information content (AvgIpc) is 3.14. The van der Waals surface area contributed by atoms with Gasteiger partial charge < -0.3 is 14.5 Å². The van der Waals surface area contributed by atoms with Gasteiger partial charge in [-0.3, -0.25) is 9.69 Å². The molecule has 1 amide bonds. The van der Waals surface area contributed by atoms with E-state index in [1.54, 1.807) is 6.92 Å². The zero-order valence-corrected chi connectivity index (χ0v) is 16.8. The van der Waals surface area contributed by atoms with Gasteiger partial charge in [0.25, 0.3) is 5.91 Å². The van der Waals surface area contributed by atoms with Gasteiger partial charge >= 0.3 is 5.63 Å². The number of amides is 1. The molecule has 3 heterocycles. The summed E-state index contributed by atoms with van der Waals surface area (Å²) in [5.41, 5.74) is 2.48. The molecule has 2 aliphatic rings. The lowest BCUT2D eigenvalue weighted by Gasteiger charge is -2.37. The number of hydrogen-bond donors (Lipinski definition) is 1. The Kier molecular flexibility index (Phi) is 5.15. The largest absolute Gasteiger partial charge is 0.483 e. The van der Waals surface area contributed by atoms with Crippen LogP contribution in [0.2, 0.25) is 0 Å². The second-order valence-electron chi connectivity index (χ2n) is 8.13. The van der Waals surface area contributed by atoms with Crippen LogP contribution in [0.25, 0.3) is 11.0 Å². The van der Waals surface area contributed by atoms with Gasteiger partial charge in [0.05, 0.1) is 5.39 Å². The first-order valence-corrected chi connectivity index (χ1v) is 10.1. The van der Waals surface area contributed by atoms with Crippen LogP contribution in [0.15, 0.2) is 21.3 Å². The molecule has 6 nitrogen and oxygen atoms in total. The van der Waals surface area contributed by atoms with E-state index in [4.69, 9.17) is 9.15 Å². The lowest BCUT2D eigenvalue weighted by Crippen LogP contribution is -2.53. The zero-order valence-electron chi connectivity index (χ0n) is 16.8. The predicted molar refractivity (Wildman–Crippen MR) is 108 cm³/mol. The van der Waals surface area contributed by atoms with Gasteiger partial charge in [-0.15, -0.1) is 0 Å². The fourth-order valence-electron chi connectivity index (χ4n) is 4.65. The SMILES string of the molecule is Cc1cc(OCC(=O)N[C@H]2CCCN3CCC[C@@H]23)c2c(C)c(C)c(=O)oc2c1. The van der Waals surface area contributed by atoms with Crippen LogP contribution in [0.5, 0.6) is 5.75 Å². The van der Waals surface area contributed by atoms with E-state index in [-0.39, 0.29) is 24.2 Å². The number of benzene rings is 1. The van der Waals surface area contributed by atoms with Gasteiger partial charge in [0.15, 0.2) is 6.61 Å². The van der Waals surface area contributed by atoms with Crippen LogP contribution in [0, 0.1) is 20.8 Å². The highest BCUT2D eigenvalue weighted by Gasteiger charge is 2.35. The third-order valence-corrected chi connectivity index (χ3v) is 6.20. The standard InChI is InChI=1S/C22H28N2O4/c1-13-10-18(21-14(2)15(3)22(26)28-19(21)11-13)27-12-20(25)23-16-6-4-8-24-9-5-7-17(16)24/h10-11,16-17H,4-9,12H2,1-3H3,(H,23,25)/t16-,17-/m0/s1. The zero-order chi connectivity index (χ0) is 19.8. The van der Waals surface area contributed by atoms with E-state index in [0.717, 1.165) is 48.9 Å². The fourth-order valence-corrected chi connectivity index (χ4v) is 4.65. The molecule has 2 aliphatic heterocycles. The van der Waals surface area contributed by atoms with Gasteiger partial charge in [-0.2, -0.15) is 0 Å². The summed E-state index contributed by atoms with van der Waals surface area (Å²) in [6, 6.07) is 4.40. The number of carbonyl (C=O) groups is 1. The van der Waals surface area contributed by atoms with E-state index >= 15 is 0 Å². The molecule has 2 fully saturated rings. The highest BCUT2D eigenvalue weighted by molar-refractivity contribution is 5.88. The van der Waals surface area contributed by atoms with Crippen molar-refractivity contribution in [3.63, 3.8) is 0 Å². The number of fused-ring (bicyclic) bond motifs is 2. The number of aryl methyl sites for hydroxylation is 2. The van der Waals surface area contributed by atoms with Gasteiger partial charge in [-0.1, -0.05) is 0 Å². The van der Waals surface area contributed by atoms with Gasteiger partial charge in [0.2, 0.25) is 0 Å². The smallest absolute Gasteiger partial charge is 0.339 e. The summed E-state index contributed by atoms with van der Waals surface area (Å²) in [6.45, 7) is 7.79. The van der Waals surface area contributed by atoms with Crippen molar-refractivity contribution in [2.24, 2.45) is 0 Å². The first kappa shape index (κ1) is 19.0. The molecule has 4 rings (SSSR count). The molecule has 1 N–H and O–H groups in total. The van der Waals surface area contributed by atoms with Crippen molar-refractivity contribution in [2.75, 3.05) is 19.7 Å². The molecular formula is C22H28N2O4. The normalized spacial score (nSPS) is 22.2. The Bertz CT molecular complexity index is 965. The van der Waals surface area contributed by atoms with Crippen molar-refractivity contribution in [1.82, 2.24) is 10.2 Å². The third-order valence-electron chi connectivity index (χ3n) is 6.20. The highest BCUT2D eigenvalue weighted by Crippen LogP contribution is 2.31. The Balaban J connectivity index is 1.50. The molecule has 28 heavy (non-hydrogen) atoms. The Morgan fingerprint density at radius 1 is 1.18 bits per heavy atom. The Labute approximate surface area is 164 Å². The van der Waals surface area contributed by atoms with E-state index < -0.39 is 0 Å². The number of ether oxygens (including phenoxy) is 1. The molecular weight excluding hydrogens is 356 g/mol. The Morgan fingerprint density at radius 3 is 2.71 bits per heavy atom. The molecule has 0 radical (unpaired) electrons. The number of hydrogen-bond acceptors (Lipinski definition) is 5. The molecule has 1 aromatic heterocycles. The van der Waals surface area contributed by atoms with Gasteiger partial charge in [-0.05, 0) is 82.8 Å². The maximum absolute atomic E-state index is 12.6. The summed E-state index contributed by atoms with van der Waals surface area (Å²) in [7, 11) is 0. The summed E-state index contributed by atoms with van der Waals surface area (Å²) in [6.07, 6.45) is 4.53. The van der Waals surface area contributed by atoms with Gasteiger partial charge in [-0.25, -0.2) is 4.79 Å². The average molecular weight is 384 g/mol. The highest BCUT2D eigenvalue weighted by atomic mass is 16.5. The molecule has 1 aromatic carbocycles. The minimum absolute atomic E-state index is 0.0423. The second-order valence-corrected chi connectivity index (χ2v) is 8.13. The summed E-state index contributed by atoms with van der Waals surface area (Å²) in [5, 5.41) is 3.94. The molecule has 2 atom stereocenters. The van der Waals surface area contributed by atoms with Crippen molar-refractivity contribution in [1.29, 1.82) is 0 Å². The maximum Gasteiger partial charge on any atom is 0.339 e. The molecule has 0 aliphatic carbocycles. The summed E-state index contributed by atoms with van der Waals surface area (Å²) < 4.78 is 11.3. The van der Waals surface area contributed by atoms with E-state index in [1.807, 2.05) is 26.0 Å². The number of nitrogens with one attached hydrogen (secondary N) is 1. The molecule has 0 saturated carbocycles. The van der Waals surface area contributed by atoms with Crippen LogP contribution in [-0.2, 0) is 4.79 Å². The van der Waals surface area contributed by atoms with Crippen LogP contribution in [0.3, 0.4) is 0 Å².